The Bertz CT molecular complexity index is 427. The van der Waals surface area contributed by atoms with Crippen LogP contribution in [0.15, 0.2) is 24.3 Å². The Morgan fingerprint density at radius 2 is 2.00 bits per heavy atom. The number of hydrogen-bond donors (Lipinski definition) is 0. The van der Waals surface area contributed by atoms with E-state index < -0.39 is 0 Å². The van der Waals surface area contributed by atoms with Crippen LogP contribution in [0.4, 0.5) is 0 Å². The molecule has 1 aliphatic carbocycles. The SMILES string of the molecule is Cc1cccc(C2=CCCCC2=O)c1C. The molecule has 0 aliphatic heterocycles. The molecule has 0 atom stereocenters. The van der Waals surface area contributed by atoms with Crippen molar-refractivity contribution in [2.45, 2.75) is 33.1 Å². The van der Waals surface area contributed by atoms with Gasteiger partial charge in [0.15, 0.2) is 5.78 Å². The maximum absolute atomic E-state index is 11.8. The number of benzene rings is 1. The predicted molar refractivity (Wildman–Crippen MR) is 62.8 cm³/mol. The van der Waals surface area contributed by atoms with E-state index in [0.29, 0.717) is 12.2 Å². The van der Waals surface area contributed by atoms with Crippen LogP contribution >= 0.6 is 0 Å². The van der Waals surface area contributed by atoms with Crippen molar-refractivity contribution in [1.82, 2.24) is 0 Å². The van der Waals surface area contributed by atoms with Crippen molar-refractivity contribution in [3.8, 4) is 0 Å². The first-order valence-corrected chi connectivity index (χ1v) is 5.50. The van der Waals surface area contributed by atoms with Crippen molar-refractivity contribution in [2.75, 3.05) is 0 Å². The second kappa shape index (κ2) is 4.01. The van der Waals surface area contributed by atoms with Crippen molar-refractivity contribution in [1.29, 1.82) is 0 Å². The van der Waals surface area contributed by atoms with Gasteiger partial charge in [-0.3, -0.25) is 4.79 Å². The van der Waals surface area contributed by atoms with Gasteiger partial charge >= 0.3 is 0 Å². The molecule has 78 valence electrons. The molecule has 0 aromatic heterocycles. The molecule has 0 unspecified atom stereocenters. The van der Waals surface area contributed by atoms with E-state index in [1.807, 2.05) is 6.07 Å². The van der Waals surface area contributed by atoms with Crippen LogP contribution in [0.25, 0.3) is 5.57 Å². The van der Waals surface area contributed by atoms with E-state index in [0.717, 1.165) is 24.0 Å². The van der Waals surface area contributed by atoms with Crippen LogP contribution in [-0.2, 0) is 4.79 Å². The summed E-state index contributed by atoms with van der Waals surface area (Å²) in [6, 6.07) is 6.17. The smallest absolute Gasteiger partial charge is 0.163 e. The Balaban J connectivity index is 2.49. The van der Waals surface area contributed by atoms with Gasteiger partial charge in [-0.15, -0.1) is 0 Å². The maximum atomic E-state index is 11.8. The van der Waals surface area contributed by atoms with Gasteiger partial charge in [-0.25, -0.2) is 0 Å². The molecule has 0 fully saturated rings. The lowest BCUT2D eigenvalue weighted by atomic mass is 9.89. The molecular weight excluding hydrogens is 184 g/mol. The predicted octanol–water partition coefficient (Wildman–Crippen LogP) is 3.44. The van der Waals surface area contributed by atoms with Crippen LogP contribution in [0.1, 0.15) is 36.0 Å². The molecule has 0 spiro atoms. The number of ketones is 1. The summed E-state index contributed by atoms with van der Waals surface area (Å²) in [4.78, 5) is 11.8. The molecule has 1 aromatic rings. The summed E-state index contributed by atoms with van der Waals surface area (Å²) in [5, 5.41) is 0. The molecule has 1 heteroatoms. The highest BCUT2D eigenvalue weighted by Crippen LogP contribution is 2.27. The van der Waals surface area contributed by atoms with Gasteiger partial charge < -0.3 is 0 Å². The third-order valence-electron chi connectivity index (χ3n) is 3.15. The fraction of sp³-hybridized carbons (Fsp3) is 0.357. The first-order chi connectivity index (χ1) is 7.20. The summed E-state index contributed by atoms with van der Waals surface area (Å²) in [5.74, 6) is 0.301. The summed E-state index contributed by atoms with van der Waals surface area (Å²) in [6.45, 7) is 4.18. The van der Waals surface area contributed by atoms with Crippen molar-refractivity contribution >= 4 is 11.4 Å². The molecule has 0 heterocycles. The Labute approximate surface area is 90.8 Å². The number of Topliss-reactive ketones (excluding diaryl/α,β-unsaturated/α-hetero) is 1. The third-order valence-corrected chi connectivity index (χ3v) is 3.15. The lowest BCUT2D eigenvalue weighted by Crippen LogP contribution is -2.07. The Morgan fingerprint density at radius 1 is 1.20 bits per heavy atom. The van der Waals surface area contributed by atoms with E-state index in [2.05, 4.69) is 32.1 Å². The molecule has 1 aromatic carbocycles. The van der Waals surface area contributed by atoms with E-state index in [9.17, 15) is 4.79 Å². The summed E-state index contributed by atoms with van der Waals surface area (Å²) < 4.78 is 0. The summed E-state index contributed by atoms with van der Waals surface area (Å²) >= 11 is 0. The highest BCUT2D eigenvalue weighted by atomic mass is 16.1. The normalized spacial score (nSPS) is 16.4. The number of aryl methyl sites for hydroxylation is 1. The van der Waals surface area contributed by atoms with Gasteiger partial charge in [-0.2, -0.15) is 0 Å². The lowest BCUT2D eigenvalue weighted by Gasteiger charge is -2.15. The molecule has 0 saturated heterocycles. The Morgan fingerprint density at radius 3 is 2.73 bits per heavy atom. The van der Waals surface area contributed by atoms with Crippen LogP contribution in [0.5, 0.6) is 0 Å². The zero-order valence-corrected chi connectivity index (χ0v) is 9.34. The lowest BCUT2D eigenvalue weighted by molar-refractivity contribution is -0.114. The van der Waals surface area contributed by atoms with Crippen LogP contribution in [0, 0.1) is 13.8 Å². The molecule has 2 rings (SSSR count). The van der Waals surface area contributed by atoms with Gasteiger partial charge in [0, 0.05) is 12.0 Å². The van der Waals surface area contributed by atoms with Crippen molar-refractivity contribution in [3.05, 3.63) is 41.0 Å². The maximum Gasteiger partial charge on any atom is 0.163 e. The zero-order valence-electron chi connectivity index (χ0n) is 9.34. The number of allylic oxidation sites excluding steroid dienone is 2. The molecule has 1 nitrogen and oxygen atoms in total. The molecular formula is C14H16O. The number of carbonyl (C=O) groups is 1. The highest BCUT2D eigenvalue weighted by Gasteiger charge is 2.16. The molecule has 1 aliphatic rings. The van der Waals surface area contributed by atoms with Crippen molar-refractivity contribution < 1.29 is 4.79 Å². The highest BCUT2D eigenvalue weighted by molar-refractivity contribution is 6.21. The van der Waals surface area contributed by atoms with Crippen LogP contribution in [-0.4, -0.2) is 5.78 Å². The molecule has 0 radical (unpaired) electrons. The third kappa shape index (κ3) is 1.87. The minimum atomic E-state index is 0.301. The standard InChI is InChI=1S/C14H16O/c1-10-6-5-8-12(11(10)2)13-7-3-4-9-14(13)15/h5-8H,3-4,9H2,1-2H3. The summed E-state index contributed by atoms with van der Waals surface area (Å²) in [5.41, 5.74) is 4.55. The first kappa shape index (κ1) is 10.2. The zero-order chi connectivity index (χ0) is 10.8. The second-order valence-corrected chi connectivity index (χ2v) is 4.18. The van der Waals surface area contributed by atoms with Crippen molar-refractivity contribution in [2.24, 2.45) is 0 Å². The van der Waals surface area contributed by atoms with E-state index in [1.165, 1.54) is 11.1 Å². The van der Waals surface area contributed by atoms with E-state index in [4.69, 9.17) is 0 Å². The fourth-order valence-electron chi connectivity index (χ4n) is 2.06. The average Bonchev–Trinajstić information content (AvgIpc) is 2.23. The molecule has 0 saturated carbocycles. The molecule has 0 N–H and O–H groups in total. The summed E-state index contributed by atoms with van der Waals surface area (Å²) in [6.07, 6.45) is 4.84. The van der Waals surface area contributed by atoms with Crippen molar-refractivity contribution in [3.63, 3.8) is 0 Å². The van der Waals surface area contributed by atoms with E-state index in [1.54, 1.807) is 0 Å². The number of carbonyl (C=O) groups excluding carboxylic acids is 1. The van der Waals surface area contributed by atoms with E-state index in [-0.39, 0.29) is 0 Å². The average molecular weight is 200 g/mol. The molecule has 15 heavy (non-hydrogen) atoms. The number of rotatable bonds is 1. The Hall–Kier alpha value is -1.37. The monoisotopic (exact) mass is 200 g/mol. The van der Waals surface area contributed by atoms with Gasteiger partial charge in [-0.05, 0) is 43.4 Å². The Kier molecular flexibility index (Phi) is 2.72. The minimum Gasteiger partial charge on any atom is -0.294 e. The minimum absolute atomic E-state index is 0.301. The molecule has 0 bridgehead atoms. The molecule has 0 amide bonds. The second-order valence-electron chi connectivity index (χ2n) is 4.18. The quantitative estimate of drug-likeness (QED) is 0.678. The largest absolute Gasteiger partial charge is 0.294 e. The number of hydrogen-bond acceptors (Lipinski definition) is 1. The summed E-state index contributed by atoms with van der Waals surface area (Å²) in [7, 11) is 0. The van der Waals surface area contributed by atoms with Gasteiger partial charge in [0.25, 0.3) is 0 Å². The van der Waals surface area contributed by atoms with Crippen LogP contribution in [0.3, 0.4) is 0 Å². The van der Waals surface area contributed by atoms with Gasteiger partial charge in [0.1, 0.15) is 0 Å². The van der Waals surface area contributed by atoms with E-state index >= 15 is 0 Å². The van der Waals surface area contributed by atoms with Gasteiger partial charge in [0.05, 0.1) is 0 Å². The van der Waals surface area contributed by atoms with Crippen LogP contribution < -0.4 is 0 Å². The first-order valence-electron chi connectivity index (χ1n) is 5.50. The van der Waals surface area contributed by atoms with Gasteiger partial charge in [-0.1, -0.05) is 24.3 Å². The van der Waals surface area contributed by atoms with Crippen LogP contribution in [0.2, 0.25) is 0 Å². The topological polar surface area (TPSA) is 17.1 Å². The van der Waals surface area contributed by atoms with Gasteiger partial charge in [0.2, 0.25) is 0 Å². The fourth-order valence-corrected chi connectivity index (χ4v) is 2.06.